The lowest BCUT2D eigenvalue weighted by atomic mass is 10.2. The molecule has 64 valence electrons. The Morgan fingerprint density at radius 2 is 2.42 bits per heavy atom. The first kappa shape index (κ1) is 9.13. The molecule has 3 heteroatoms. The molecule has 1 heterocycles. The molecule has 0 atom stereocenters. The average Bonchev–Trinajstić information content (AvgIpc) is 2.52. The predicted octanol–water partition coefficient (Wildman–Crippen LogP) is 2.43. The highest BCUT2D eigenvalue weighted by atomic mass is 32.1. The van der Waals surface area contributed by atoms with Crippen molar-refractivity contribution in [3.8, 4) is 0 Å². The van der Waals surface area contributed by atoms with Gasteiger partial charge >= 0.3 is 0 Å². The monoisotopic (exact) mass is 182 g/mol. The fourth-order valence-electron chi connectivity index (χ4n) is 0.849. The third kappa shape index (κ3) is 2.27. The lowest BCUT2D eigenvalue weighted by molar-refractivity contribution is 0.110. The normalized spacial score (nSPS) is 10.8. The highest BCUT2D eigenvalue weighted by molar-refractivity contribution is 7.80. The SMILES string of the molecule is O=Cc1occc1C=CCCS. The zero-order chi connectivity index (χ0) is 8.81. The zero-order valence-electron chi connectivity index (χ0n) is 6.56. The molecule has 0 N–H and O–H groups in total. The topological polar surface area (TPSA) is 30.2 Å². The van der Waals surface area contributed by atoms with Crippen LogP contribution in [0.5, 0.6) is 0 Å². The van der Waals surface area contributed by atoms with Crippen LogP contribution < -0.4 is 0 Å². The highest BCUT2D eigenvalue weighted by Crippen LogP contribution is 2.10. The maximum Gasteiger partial charge on any atom is 0.185 e. The van der Waals surface area contributed by atoms with Crippen molar-refractivity contribution < 1.29 is 9.21 Å². The second-order valence-corrected chi connectivity index (χ2v) is 2.72. The molecule has 0 aliphatic rings. The number of furan rings is 1. The molecule has 1 rings (SSSR count). The van der Waals surface area contributed by atoms with Gasteiger partial charge in [0, 0.05) is 5.56 Å². The molecule has 0 amide bonds. The van der Waals surface area contributed by atoms with Gasteiger partial charge in [-0.1, -0.05) is 12.2 Å². The first-order valence-electron chi connectivity index (χ1n) is 3.68. The Balaban J connectivity index is 2.67. The number of hydrogen-bond donors (Lipinski definition) is 1. The Hall–Kier alpha value is -0.960. The van der Waals surface area contributed by atoms with Gasteiger partial charge in [-0.2, -0.15) is 12.6 Å². The molecule has 0 spiro atoms. The molecular weight excluding hydrogens is 172 g/mol. The second kappa shape index (κ2) is 4.83. The van der Waals surface area contributed by atoms with Crippen LogP contribution in [-0.4, -0.2) is 12.0 Å². The van der Waals surface area contributed by atoms with Crippen LogP contribution in [0.25, 0.3) is 6.08 Å². The van der Waals surface area contributed by atoms with Crippen molar-refractivity contribution in [2.24, 2.45) is 0 Å². The number of thiol groups is 1. The van der Waals surface area contributed by atoms with Crippen LogP contribution in [0.2, 0.25) is 0 Å². The van der Waals surface area contributed by atoms with Crippen LogP contribution in [0, 0.1) is 0 Å². The lowest BCUT2D eigenvalue weighted by Crippen LogP contribution is -1.77. The van der Waals surface area contributed by atoms with E-state index in [1.807, 2.05) is 12.2 Å². The molecule has 0 aromatic carbocycles. The number of carbonyl (C=O) groups excluding carboxylic acids is 1. The van der Waals surface area contributed by atoms with E-state index in [0.717, 1.165) is 17.7 Å². The summed E-state index contributed by atoms with van der Waals surface area (Å²) in [4.78, 5) is 10.4. The smallest absolute Gasteiger partial charge is 0.185 e. The van der Waals surface area contributed by atoms with E-state index in [-0.39, 0.29) is 0 Å². The summed E-state index contributed by atoms with van der Waals surface area (Å²) in [5, 5.41) is 0. The first-order valence-corrected chi connectivity index (χ1v) is 4.32. The van der Waals surface area contributed by atoms with Crippen molar-refractivity contribution >= 4 is 25.0 Å². The van der Waals surface area contributed by atoms with Gasteiger partial charge in [0.05, 0.1) is 6.26 Å². The van der Waals surface area contributed by atoms with Crippen LogP contribution in [0.4, 0.5) is 0 Å². The second-order valence-electron chi connectivity index (χ2n) is 2.27. The summed E-state index contributed by atoms with van der Waals surface area (Å²) in [6, 6.07) is 1.76. The van der Waals surface area contributed by atoms with Gasteiger partial charge in [0.25, 0.3) is 0 Å². The Kier molecular flexibility index (Phi) is 3.67. The molecule has 0 radical (unpaired) electrons. The molecule has 0 saturated carbocycles. The van der Waals surface area contributed by atoms with Crippen molar-refractivity contribution in [2.75, 3.05) is 5.75 Å². The maximum absolute atomic E-state index is 10.4. The molecule has 2 nitrogen and oxygen atoms in total. The number of carbonyl (C=O) groups is 1. The van der Waals surface area contributed by atoms with E-state index in [2.05, 4.69) is 12.6 Å². The van der Waals surface area contributed by atoms with Gasteiger partial charge in [0.15, 0.2) is 12.0 Å². The lowest BCUT2D eigenvalue weighted by Gasteiger charge is -1.86. The molecule has 0 saturated heterocycles. The molecule has 0 unspecified atom stereocenters. The van der Waals surface area contributed by atoms with Gasteiger partial charge < -0.3 is 4.42 Å². The molecule has 0 fully saturated rings. The molecule has 1 aromatic heterocycles. The predicted molar refractivity (Wildman–Crippen MR) is 51.6 cm³/mol. The van der Waals surface area contributed by atoms with Gasteiger partial charge in [-0.15, -0.1) is 0 Å². The third-order valence-corrected chi connectivity index (χ3v) is 1.69. The largest absolute Gasteiger partial charge is 0.461 e. The van der Waals surface area contributed by atoms with Crippen molar-refractivity contribution in [2.45, 2.75) is 6.42 Å². The van der Waals surface area contributed by atoms with Crippen LogP contribution in [-0.2, 0) is 0 Å². The standard InChI is InChI=1S/C9H10O2S/c10-7-9-8(4-5-11-9)3-1-2-6-12/h1,3-5,7,12H,2,6H2. The van der Waals surface area contributed by atoms with Crippen LogP contribution in [0.15, 0.2) is 22.8 Å². The van der Waals surface area contributed by atoms with Crippen molar-refractivity contribution in [1.82, 2.24) is 0 Å². The van der Waals surface area contributed by atoms with Crippen molar-refractivity contribution in [1.29, 1.82) is 0 Å². The van der Waals surface area contributed by atoms with Crippen LogP contribution in [0.1, 0.15) is 22.5 Å². The highest BCUT2D eigenvalue weighted by Gasteiger charge is 1.99. The van der Waals surface area contributed by atoms with Gasteiger partial charge in [-0.3, -0.25) is 4.79 Å². The van der Waals surface area contributed by atoms with Crippen LogP contribution >= 0.6 is 12.6 Å². The summed E-state index contributed by atoms with van der Waals surface area (Å²) in [5.41, 5.74) is 0.826. The van der Waals surface area contributed by atoms with E-state index in [4.69, 9.17) is 4.42 Å². The summed E-state index contributed by atoms with van der Waals surface area (Å²) in [6.45, 7) is 0. The fraction of sp³-hybridized carbons (Fsp3) is 0.222. The van der Waals surface area contributed by atoms with E-state index >= 15 is 0 Å². The van der Waals surface area contributed by atoms with E-state index < -0.39 is 0 Å². The van der Waals surface area contributed by atoms with Gasteiger partial charge in [-0.25, -0.2) is 0 Å². The fourth-order valence-corrected chi connectivity index (χ4v) is 0.998. The summed E-state index contributed by atoms with van der Waals surface area (Å²) >= 11 is 4.06. The maximum atomic E-state index is 10.4. The van der Waals surface area contributed by atoms with Crippen molar-refractivity contribution in [3.63, 3.8) is 0 Å². The zero-order valence-corrected chi connectivity index (χ0v) is 7.46. The number of rotatable bonds is 4. The number of aldehydes is 1. The molecule has 0 aliphatic carbocycles. The minimum Gasteiger partial charge on any atom is -0.461 e. The van der Waals surface area contributed by atoms with Gasteiger partial charge in [-0.05, 0) is 18.2 Å². The summed E-state index contributed by atoms with van der Waals surface area (Å²) in [7, 11) is 0. The minimum absolute atomic E-state index is 0.380. The summed E-state index contributed by atoms with van der Waals surface area (Å²) in [5.74, 6) is 1.19. The quantitative estimate of drug-likeness (QED) is 0.572. The van der Waals surface area contributed by atoms with Crippen LogP contribution in [0.3, 0.4) is 0 Å². The molecule has 0 bridgehead atoms. The Morgan fingerprint density at radius 1 is 1.58 bits per heavy atom. The Morgan fingerprint density at radius 3 is 3.08 bits per heavy atom. The Labute approximate surface area is 76.7 Å². The summed E-state index contributed by atoms with van der Waals surface area (Å²) < 4.78 is 4.91. The molecule has 1 aromatic rings. The van der Waals surface area contributed by atoms with E-state index in [1.165, 1.54) is 6.26 Å². The minimum atomic E-state index is 0.380. The summed E-state index contributed by atoms with van der Waals surface area (Å²) in [6.07, 6.45) is 6.94. The van der Waals surface area contributed by atoms with Gasteiger partial charge in [0.1, 0.15) is 0 Å². The average molecular weight is 182 g/mol. The third-order valence-electron chi connectivity index (χ3n) is 1.43. The van der Waals surface area contributed by atoms with E-state index in [0.29, 0.717) is 12.0 Å². The van der Waals surface area contributed by atoms with E-state index in [9.17, 15) is 4.79 Å². The number of hydrogen-bond acceptors (Lipinski definition) is 3. The van der Waals surface area contributed by atoms with E-state index in [1.54, 1.807) is 6.07 Å². The Bertz CT molecular complexity index is 276. The molecule has 0 aliphatic heterocycles. The molecular formula is C9H10O2S. The number of allylic oxidation sites excluding steroid dienone is 1. The molecule has 12 heavy (non-hydrogen) atoms. The first-order chi connectivity index (χ1) is 5.88. The van der Waals surface area contributed by atoms with Crippen molar-refractivity contribution in [3.05, 3.63) is 29.7 Å². The van der Waals surface area contributed by atoms with Gasteiger partial charge in [0.2, 0.25) is 0 Å².